The molecule has 2 aliphatic heterocycles. The van der Waals surface area contributed by atoms with Crippen LogP contribution in [0.4, 0.5) is 0 Å². The van der Waals surface area contributed by atoms with Gasteiger partial charge in [0.05, 0.1) is 11.8 Å². The molecule has 0 fully saturated rings. The molecule has 160 valence electrons. The van der Waals surface area contributed by atoms with Crippen LogP contribution in [-0.4, -0.2) is 31.5 Å². The number of amidine groups is 2. The van der Waals surface area contributed by atoms with E-state index in [4.69, 9.17) is 21.4 Å². The van der Waals surface area contributed by atoms with Crippen LogP contribution in [-0.2, 0) is 4.79 Å². The second kappa shape index (κ2) is 7.65. The lowest BCUT2D eigenvalue weighted by atomic mass is 10.1. The van der Waals surface area contributed by atoms with Gasteiger partial charge in [-0.05, 0) is 80.1 Å². The number of amides is 1. The Kier molecular flexibility index (Phi) is 4.91. The molecule has 0 radical (unpaired) electrons. The maximum atomic E-state index is 12.8. The summed E-state index contributed by atoms with van der Waals surface area (Å²) in [5.41, 5.74) is 4.89. The number of hydrogen-bond acceptors (Lipinski definition) is 5. The highest BCUT2D eigenvalue weighted by Crippen LogP contribution is 2.32. The number of hydrogen-bond donors (Lipinski definition) is 1. The number of furan rings is 1. The van der Waals surface area contributed by atoms with Gasteiger partial charge in [-0.15, -0.1) is 0 Å². The molecule has 9 heteroatoms. The molecule has 32 heavy (non-hydrogen) atoms. The third-order valence-corrected chi connectivity index (χ3v) is 6.77. The Labute approximate surface area is 193 Å². The molecule has 1 N–H and O–H groups in total. The normalized spacial score (nSPS) is 17.1. The summed E-state index contributed by atoms with van der Waals surface area (Å²) in [6, 6.07) is 11.3. The molecule has 0 saturated carbocycles. The van der Waals surface area contributed by atoms with Gasteiger partial charge in [0, 0.05) is 22.1 Å². The predicted molar refractivity (Wildman–Crippen MR) is 128 cm³/mol. The standard InChI is InChI=1S/C23H18ClN5O2S/c1-12-10-15(14(3)28(12)18-7-4-6-17(24)13(18)2)11-16-20(25)29-23(26-21(16)30)32-22(27-29)19-8-5-9-31-19/h4-11,25H,1-3H3/b16-11+,25-20?. The van der Waals surface area contributed by atoms with Crippen molar-refractivity contribution in [1.29, 1.82) is 5.41 Å². The average molecular weight is 464 g/mol. The monoisotopic (exact) mass is 463 g/mol. The van der Waals surface area contributed by atoms with Gasteiger partial charge < -0.3 is 8.98 Å². The molecule has 0 unspecified atom stereocenters. The van der Waals surface area contributed by atoms with E-state index < -0.39 is 5.91 Å². The summed E-state index contributed by atoms with van der Waals surface area (Å²) in [7, 11) is 0. The molecule has 0 aliphatic carbocycles. The van der Waals surface area contributed by atoms with E-state index in [0.717, 1.165) is 28.2 Å². The zero-order valence-corrected chi connectivity index (χ0v) is 19.1. The number of benzene rings is 1. The Balaban J connectivity index is 1.55. The van der Waals surface area contributed by atoms with Gasteiger partial charge in [-0.1, -0.05) is 17.7 Å². The Bertz CT molecular complexity index is 1380. The maximum absolute atomic E-state index is 12.8. The van der Waals surface area contributed by atoms with E-state index in [1.165, 1.54) is 16.8 Å². The number of rotatable bonds is 3. The quantitative estimate of drug-likeness (QED) is 0.533. The molecule has 3 aromatic rings. The molecular formula is C23H18ClN5O2S. The number of nitrogens with one attached hydrogen (secondary N) is 1. The number of thioether (sulfide) groups is 1. The van der Waals surface area contributed by atoms with Gasteiger partial charge in [0.1, 0.15) is 0 Å². The number of aromatic nitrogens is 1. The Morgan fingerprint density at radius 3 is 2.75 bits per heavy atom. The molecule has 1 amide bonds. The molecule has 2 aliphatic rings. The van der Waals surface area contributed by atoms with Crippen molar-refractivity contribution in [1.82, 2.24) is 9.58 Å². The predicted octanol–water partition coefficient (Wildman–Crippen LogP) is 5.32. The lowest BCUT2D eigenvalue weighted by molar-refractivity contribution is -0.114. The van der Waals surface area contributed by atoms with Gasteiger partial charge in [0.2, 0.25) is 5.17 Å². The Morgan fingerprint density at radius 2 is 2.00 bits per heavy atom. The number of aliphatic imine (C=N–C) groups is 1. The highest BCUT2D eigenvalue weighted by Gasteiger charge is 2.36. The fourth-order valence-corrected chi connectivity index (χ4v) is 4.82. The minimum atomic E-state index is -0.464. The molecule has 7 nitrogen and oxygen atoms in total. The van der Waals surface area contributed by atoms with Crippen molar-refractivity contribution in [2.75, 3.05) is 0 Å². The van der Waals surface area contributed by atoms with E-state index in [0.29, 0.717) is 21.0 Å². The van der Waals surface area contributed by atoms with Crippen molar-refractivity contribution in [3.05, 3.63) is 81.5 Å². The first kappa shape index (κ1) is 20.5. The first-order valence-electron chi connectivity index (χ1n) is 9.83. The van der Waals surface area contributed by atoms with Gasteiger partial charge in [0.15, 0.2) is 16.6 Å². The van der Waals surface area contributed by atoms with E-state index >= 15 is 0 Å². The van der Waals surface area contributed by atoms with Crippen LogP contribution < -0.4 is 0 Å². The van der Waals surface area contributed by atoms with E-state index in [2.05, 4.69) is 14.7 Å². The minimum absolute atomic E-state index is 0.0159. The van der Waals surface area contributed by atoms with Crippen molar-refractivity contribution in [2.45, 2.75) is 20.8 Å². The molecular weight excluding hydrogens is 446 g/mol. The van der Waals surface area contributed by atoms with E-state index in [9.17, 15) is 4.79 Å². The molecule has 5 rings (SSSR count). The number of halogens is 1. The third kappa shape index (κ3) is 3.23. The van der Waals surface area contributed by atoms with Crippen LogP contribution in [0.2, 0.25) is 5.02 Å². The van der Waals surface area contributed by atoms with Gasteiger partial charge in [-0.25, -0.2) is 0 Å². The van der Waals surface area contributed by atoms with Crippen LogP contribution in [0.5, 0.6) is 0 Å². The van der Waals surface area contributed by atoms with Crippen LogP contribution in [0, 0.1) is 26.2 Å². The number of nitrogens with zero attached hydrogens (tertiary/aromatic N) is 4. The number of fused-ring (bicyclic) bond motifs is 1. The summed E-state index contributed by atoms with van der Waals surface area (Å²) < 4.78 is 7.48. The summed E-state index contributed by atoms with van der Waals surface area (Å²) in [5.74, 6) is 0.0875. The topological polar surface area (TPSA) is 86.9 Å². The van der Waals surface area contributed by atoms with Crippen molar-refractivity contribution in [3.63, 3.8) is 0 Å². The van der Waals surface area contributed by atoms with Crippen molar-refractivity contribution in [3.8, 4) is 5.69 Å². The SMILES string of the molecule is Cc1c(Cl)cccc1-n1c(C)cc(/C=C2\C(=N)N3N=C(c4ccco4)SC3=NC2=O)c1C. The number of hydrazone groups is 1. The first-order valence-corrected chi connectivity index (χ1v) is 11.0. The Morgan fingerprint density at radius 1 is 1.19 bits per heavy atom. The largest absolute Gasteiger partial charge is 0.462 e. The van der Waals surface area contributed by atoms with Crippen LogP contribution in [0.1, 0.15) is 28.3 Å². The molecule has 1 aromatic carbocycles. The fourth-order valence-electron chi connectivity index (χ4n) is 3.79. The van der Waals surface area contributed by atoms with Crippen LogP contribution >= 0.6 is 23.4 Å². The second-order valence-corrected chi connectivity index (χ2v) is 8.81. The maximum Gasteiger partial charge on any atom is 0.283 e. The van der Waals surface area contributed by atoms with Crippen LogP contribution in [0.3, 0.4) is 0 Å². The minimum Gasteiger partial charge on any atom is -0.462 e. The highest BCUT2D eigenvalue weighted by atomic mass is 35.5. The zero-order valence-electron chi connectivity index (χ0n) is 17.5. The lowest BCUT2D eigenvalue weighted by Gasteiger charge is -2.20. The number of carbonyl (C=O) groups excluding carboxylic acids is 1. The average Bonchev–Trinajstić information content (AvgIpc) is 3.48. The van der Waals surface area contributed by atoms with Crippen LogP contribution in [0.25, 0.3) is 11.8 Å². The summed E-state index contributed by atoms with van der Waals surface area (Å²) in [6.07, 6.45) is 3.26. The summed E-state index contributed by atoms with van der Waals surface area (Å²) >= 11 is 7.53. The third-order valence-electron chi connectivity index (χ3n) is 5.44. The van der Waals surface area contributed by atoms with Crippen molar-refractivity contribution < 1.29 is 9.21 Å². The highest BCUT2D eigenvalue weighted by molar-refractivity contribution is 8.27. The molecule has 4 heterocycles. The van der Waals surface area contributed by atoms with Gasteiger partial charge in [-0.2, -0.15) is 15.1 Å². The molecule has 0 atom stereocenters. The van der Waals surface area contributed by atoms with Gasteiger partial charge >= 0.3 is 0 Å². The van der Waals surface area contributed by atoms with Crippen molar-refractivity contribution in [2.24, 2.45) is 10.1 Å². The molecule has 0 spiro atoms. The second-order valence-electron chi connectivity index (χ2n) is 7.45. The number of aryl methyl sites for hydroxylation is 1. The van der Waals surface area contributed by atoms with E-state index in [1.54, 1.807) is 24.5 Å². The summed E-state index contributed by atoms with van der Waals surface area (Å²) in [5, 5.41) is 16.0. The zero-order chi connectivity index (χ0) is 22.6. The first-order chi connectivity index (χ1) is 15.3. The van der Waals surface area contributed by atoms with E-state index in [1.807, 2.05) is 45.0 Å². The molecule has 0 saturated heterocycles. The Hall–Kier alpha value is -3.36. The molecule has 0 bridgehead atoms. The fraction of sp³-hybridized carbons (Fsp3) is 0.130. The summed E-state index contributed by atoms with van der Waals surface area (Å²) in [4.78, 5) is 16.9. The summed E-state index contributed by atoms with van der Waals surface area (Å²) in [6.45, 7) is 5.95. The van der Waals surface area contributed by atoms with Gasteiger partial charge in [0.25, 0.3) is 5.91 Å². The number of carbonyl (C=O) groups is 1. The van der Waals surface area contributed by atoms with Crippen LogP contribution in [0.15, 0.2) is 62.7 Å². The lowest BCUT2D eigenvalue weighted by Crippen LogP contribution is -2.35. The smallest absolute Gasteiger partial charge is 0.283 e. The molecule has 2 aromatic heterocycles. The van der Waals surface area contributed by atoms with E-state index in [-0.39, 0.29) is 11.4 Å². The van der Waals surface area contributed by atoms with Gasteiger partial charge in [-0.3, -0.25) is 10.2 Å². The van der Waals surface area contributed by atoms with Crippen molar-refractivity contribution >= 4 is 51.4 Å².